The summed E-state index contributed by atoms with van der Waals surface area (Å²) < 4.78 is 2.38. The van der Waals surface area contributed by atoms with E-state index in [1.54, 1.807) is 6.92 Å². The zero-order chi connectivity index (χ0) is 29.5. The summed E-state index contributed by atoms with van der Waals surface area (Å²) in [6.07, 6.45) is 14.7. The summed E-state index contributed by atoms with van der Waals surface area (Å²) >= 11 is 6.35. The van der Waals surface area contributed by atoms with Crippen molar-refractivity contribution in [3.8, 4) is 0 Å². The molecule has 2 rings (SSSR count). The molecule has 40 heavy (non-hydrogen) atoms. The van der Waals surface area contributed by atoms with Crippen molar-refractivity contribution in [3.05, 3.63) is 34.5 Å². The number of hydrogen-bond donors (Lipinski definition) is 0. The molecule has 0 saturated heterocycles. The first kappa shape index (κ1) is 34.2. The highest BCUT2D eigenvalue weighted by atomic mass is 35.5. The number of unbranched alkanes of at least 4 members (excludes halogenated alkanes) is 6. The number of fused-ring (bicyclic) bond motifs is 1. The molecule has 226 valence electrons. The number of rotatable bonds is 20. The molecule has 1 aromatic carbocycles. The molecule has 0 aliphatic carbocycles. The van der Waals surface area contributed by atoms with Crippen molar-refractivity contribution in [1.82, 2.24) is 14.4 Å². The van der Waals surface area contributed by atoms with Crippen molar-refractivity contribution in [2.75, 3.05) is 20.1 Å². The van der Waals surface area contributed by atoms with Crippen molar-refractivity contribution in [2.24, 2.45) is 0 Å². The Kier molecular flexibility index (Phi) is 15.8. The normalized spacial score (nSPS) is 12.2. The number of carbonyl (C=O) groups excluding carboxylic acids is 2. The molecule has 0 bridgehead atoms. The third-order valence-corrected chi connectivity index (χ3v) is 8.73. The second kappa shape index (κ2) is 18.4. The summed E-state index contributed by atoms with van der Waals surface area (Å²) in [6, 6.07) is 6.54. The summed E-state index contributed by atoms with van der Waals surface area (Å²) in [7, 11) is 1.92. The highest BCUT2D eigenvalue weighted by Gasteiger charge is 2.20. The van der Waals surface area contributed by atoms with E-state index >= 15 is 0 Å². The largest absolute Gasteiger partial charge is 0.346 e. The van der Waals surface area contributed by atoms with Gasteiger partial charge in [0, 0.05) is 67.7 Å². The molecular weight excluding hydrogens is 518 g/mol. The van der Waals surface area contributed by atoms with Gasteiger partial charge in [-0.25, -0.2) is 0 Å². The predicted octanol–water partition coefficient (Wildman–Crippen LogP) is 8.95. The Morgan fingerprint density at radius 2 is 1.60 bits per heavy atom. The van der Waals surface area contributed by atoms with Crippen molar-refractivity contribution < 1.29 is 9.59 Å². The Hall–Kier alpha value is -2.01. The van der Waals surface area contributed by atoms with Crippen LogP contribution in [0.2, 0.25) is 5.02 Å². The van der Waals surface area contributed by atoms with Gasteiger partial charge in [0.15, 0.2) is 0 Å². The van der Waals surface area contributed by atoms with E-state index in [1.165, 1.54) is 22.2 Å². The highest BCUT2D eigenvalue weighted by Crippen LogP contribution is 2.30. The van der Waals surface area contributed by atoms with Crippen molar-refractivity contribution in [2.45, 2.75) is 137 Å². The number of halogens is 1. The Labute approximate surface area is 249 Å². The Bertz CT molecular complexity index is 1050. The quantitative estimate of drug-likeness (QED) is 0.148. The van der Waals surface area contributed by atoms with Crippen LogP contribution in [-0.2, 0) is 22.6 Å². The number of aromatic nitrogens is 1. The Morgan fingerprint density at radius 1 is 0.900 bits per heavy atom. The molecule has 2 aromatic rings. The standard InChI is InChI=1S/C34H56ClN3O2/c1-7-10-18-30(19-14-12-13-15-21-34(40)36(6)24-11-8-2)38(28(5)39)25-17-16-20-31-27(4)37(9-3)33-23-22-29(35)26-32(31)33/h22-23,26,30H,7-21,24-25H2,1-6H3. The van der Waals surface area contributed by atoms with Crippen LogP contribution in [0.1, 0.15) is 122 Å². The van der Waals surface area contributed by atoms with Crippen LogP contribution in [0.3, 0.4) is 0 Å². The van der Waals surface area contributed by atoms with Crippen LogP contribution >= 0.6 is 11.6 Å². The number of amides is 2. The minimum atomic E-state index is 0.201. The fraction of sp³-hybridized carbons (Fsp3) is 0.706. The van der Waals surface area contributed by atoms with Crippen LogP contribution in [0.5, 0.6) is 0 Å². The van der Waals surface area contributed by atoms with Gasteiger partial charge in [-0.15, -0.1) is 0 Å². The van der Waals surface area contributed by atoms with Gasteiger partial charge in [-0.1, -0.05) is 64.0 Å². The zero-order valence-corrected chi connectivity index (χ0v) is 27.1. The molecule has 0 radical (unpaired) electrons. The van der Waals surface area contributed by atoms with Gasteiger partial charge in [-0.2, -0.15) is 0 Å². The van der Waals surface area contributed by atoms with E-state index in [0.717, 1.165) is 108 Å². The molecule has 0 aliphatic rings. The Balaban J connectivity index is 1.87. The molecule has 1 aromatic heterocycles. The van der Waals surface area contributed by atoms with Gasteiger partial charge in [-0.3, -0.25) is 9.59 Å². The fourth-order valence-corrected chi connectivity index (χ4v) is 6.22. The van der Waals surface area contributed by atoms with Gasteiger partial charge < -0.3 is 14.4 Å². The molecule has 0 N–H and O–H groups in total. The van der Waals surface area contributed by atoms with Crippen LogP contribution in [0.15, 0.2) is 18.2 Å². The molecule has 2 amide bonds. The van der Waals surface area contributed by atoms with Crippen molar-refractivity contribution in [3.63, 3.8) is 0 Å². The van der Waals surface area contributed by atoms with Crippen LogP contribution in [0.4, 0.5) is 0 Å². The van der Waals surface area contributed by atoms with Gasteiger partial charge in [0.05, 0.1) is 0 Å². The van der Waals surface area contributed by atoms with Gasteiger partial charge in [-0.05, 0) is 82.6 Å². The van der Waals surface area contributed by atoms with Gasteiger partial charge in [0.25, 0.3) is 0 Å². The Morgan fingerprint density at radius 3 is 2.27 bits per heavy atom. The van der Waals surface area contributed by atoms with E-state index in [-0.39, 0.29) is 11.8 Å². The first-order chi connectivity index (χ1) is 19.2. The van der Waals surface area contributed by atoms with Crippen LogP contribution in [0, 0.1) is 6.92 Å². The van der Waals surface area contributed by atoms with Gasteiger partial charge >= 0.3 is 0 Å². The lowest BCUT2D eigenvalue weighted by Crippen LogP contribution is -2.39. The van der Waals surface area contributed by atoms with Gasteiger partial charge in [0.2, 0.25) is 11.8 Å². The SMILES string of the molecule is CCCCC(CCCCCCC(=O)N(C)CCCC)N(CCCCc1c(C)n(CC)c2ccc(Cl)cc12)C(C)=O. The molecule has 0 aliphatic heterocycles. The van der Waals surface area contributed by atoms with Crippen LogP contribution in [0.25, 0.3) is 10.9 Å². The number of nitrogens with zero attached hydrogens (tertiary/aromatic N) is 3. The van der Waals surface area contributed by atoms with Crippen molar-refractivity contribution >= 4 is 34.3 Å². The van der Waals surface area contributed by atoms with E-state index in [4.69, 9.17) is 11.6 Å². The lowest BCUT2D eigenvalue weighted by atomic mass is 9.99. The maximum atomic E-state index is 12.7. The minimum absolute atomic E-state index is 0.201. The van der Waals surface area contributed by atoms with E-state index < -0.39 is 0 Å². The maximum absolute atomic E-state index is 12.7. The molecule has 6 heteroatoms. The smallest absolute Gasteiger partial charge is 0.222 e. The molecule has 0 spiro atoms. The number of aryl methyl sites for hydroxylation is 2. The topological polar surface area (TPSA) is 45.6 Å². The zero-order valence-electron chi connectivity index (χ0n) is 26.4. The highest BCUT2D eigenvalue weighted by molar-refractivity contribution is 6.31. The molecular formula is C34H56ClN3O2. The first-order valence-electron chi connectivity index (χ1n) is 16.0. The second-order valence-corrected chi connectivity index (χ2v) is 12.0. The molecule has 0 saturated carbocycles. The maximum Gasteiger partial charge on any atom is 0.222 e. The van der Waals surface area contributed by atoms with E-state index in [0.29, 0.717) is 12.5 Å². The average molecular weight is 574 g/mol. The lowest BCUT2D eigenvalue weighted by molar-refractivity contribution is -0.132. The summed E-state index contributed by atoms with van der Waals surface area (Å²) in [5.74, 6) is 0.474. The minimum Gasteiger partial charge on any atom is -0.346 e. The van der Waals surface area contributed by atoms with Gasteiger partial charge in [0.1, 0.15) is 0 Å². The van der Waals surface area contributed by atoms with Crippen LogP contribution < -0.4 is 0 Å². The van der Waals surface area contributed by atoms with E-state index in [2.05, 4.69) is 49.3 Å². The molecule has 5 nitrogen and oxygen atoms in total. The summed E-state index contributed by atoms with van der Waals surface area (Å²) in [6.45, 7) is 13.2. The number of benzene rings is 1. The monoisotopic (exact) mass is 573 g/mol. The van der Waals surface area contributed by atoms with Crippen LogP contribution in [-0.4, -0.2) is 52.4 Å². The summed E-state index contributed by atoms with van der Waals surface area (Å²) in [5.41, 5.74) is 3.99. The predicted molar refractivity (Wildman–Crippen MR) is 171 cm³/mol. The first-order valence-corrected chi connectivity index (χ1v) is 16.4. The molecule has 1 unspecified atom stereocenters. The lowest BCUT2D eigenvalue weighted by Gasteiger charge is -2.31. The van der Waals surface area contributed by atoms with E-state index in [1.807, 2.05) is 18.0 Å². The summed E-state index contributed by atoms with van der Waals surface area (Å²) in [4.78, 5) is 29.0. The summed E-state index contributed by atoms with van der Waals surface area (Å²) in [5, 5.41) is 2.06. The molecule has 0 fully saturated rings. The average Bonchev–Trinajstić information content (AvgIpc) is 3.20. The van der Waals surface area contributed by atoms with E-state index in [9.17, 15) is 9.59 Å². The third kappa shape index (κ3) is 10.4. The second-order valence-electron chi connectivity index (χ2n) is 11.6. The molecule has 1 heterocycles. The fourth-order valence-electron chi connectivity index (χ4n) is 6.04. The number of hydrogen-bond acceptors (Lipinski definition) is 2. The third-order valence-electron chi connectivity index (χ3n) is 8.50. The van der Waals surface area contributed by atoms with Crippen molar-refractivity contribution in [1.29, 1.82) is 0 Å². The number of carbonyl (C=O) groups is 2. The molecule has 1 atom stereocenters.